The molecule has 1 amide bonds. The number of furan rings is 1. The van der Waals surface area contributed by atoms with Gasteiger partial charge in [-0.25, -0.2) is 0 Å². The first-order chi connectivity index (χ1) is 6.79. The largest absolute Gasteiger partial charge is 0.472 e. The van der Waals surface area contributed by atoms with Gasteiger partial charge in [-0.15, -0.1) is 0 Å². The van der Waals surface area contributed by atoms with Crippen molar-refractivity contribution in [3.8, 4) is 0 Å². The summed E-state index contributed by atoms with van der Waals surface area (Å²) in [6.45, 7) is 0.183. The molecule has 78 valence electrons. The van der Waals surface area contributed by atoms with Crippen molar-refractivity contribution >= 4 is 5.91 Å². The monoisotopic (exact) mass is 199 g/mol. The third-order valence-electron chi connectivity index (χ3n) is 1.80. The summed E-state index contributed by atoms with van der Waals surface area (Å²) >= 11 is 0. The van der Waals surface area contributed by atoms with Gasteiger partial charge in [0, 0.05) is 13.1 Å². The van der Waals surface area contributed by atoms with Crippen LogP contribution in [-0.2, 0) is 0 Å². The molecule has 0 spiro atoms. The van der Waals surface area contributed by atoms with E-state index in [0.29, 0.717) is 5.56 Å². The van der Waals surface area contributed by atoms with Gasteiger partial charge >= 0.3 is 0 Å². The molecule has 0 atom stereocenters. The van der Waals surface area contributed by atoms with Crippen molar-refractivity contribution in [1.29, 1.82) is 0 Å². The standard InChI is InChI=1S/C9H13NO4/c11-4-2-10(3-5-12)9(13)8-1-6-14-7-8/h1,6-7,11-12H,2-5H2. The molecule has 0 aliphatic heterocycles. The van der Waals surface area contributed by atoms with Gasteiger partial charge in [0.1, 0.15) is 6.26 Å². The average Bonchev–Trinajstić information content (AvgIpc) is 2.69. The van der Waals surface area contributed by atoms with Crippen molar-refractivity contribution in [3.05, 3.63) is 24.2 Å². The van der Waals surface area contributed by atoms with Crippen molar-refractivity contribution in [3.63, 3.8) is 0 Å². The second-order valence-electron chi connectivity index (χ2n) is 2.75. The molecule has 0 aromatic carbocycles. The molecule has 1 aromatic rings. The van der Waals surface area contributed by atoms with E-state index >= 15 is 0 Å². The van der Waals surface area contributed by atoms with Crippen molar-refractivity contribution in [1.82, 2.24) is 4.90 Å². The fraction of sp³-hybridized carbons (Fsp3) is 0.444. The van der Waals surface area contributed by atoms with Crippen LogP contribution in [0.4, 0.5) is 0 Å². The Morgan fingerprint density at radius 3 is 2.43 bits per heavy atom. The Balaban J connectivity index is 2.63. The summed E-state index contributed by atoms with van der Waals surface area (Å²) < 4.78 is 4.77. The second-order valence-corrected chi connectivity index (χ2v) is 2.75. The highest BCUT2D eigenvalue weighted by Gasteiger charge is 2.15. The van der Waals surface area contributed by atoms with E-state index in [1.54, 1.807) is 6.07 Å². The summed E-state index contributed by atoms with van der Waals surface area (Å²) in [6.07, 6.45) is 2.74. The number of amides is 1. The molecule has 1 heterocycles. The van der Waals surface area contributed by atoms with E-state index in [2.05, 4.69) is 0 Å². The van der Waals surface area contributed by atoms with Gasteiger partial charge in [0.15, 0.2) is 0 Å². The molecule has 0 unspecified atom stereocenters. The highest BCUT2D eigenvalue weighted by atomic mass is 16.3. The van der Waals surface area contributed by atoms with Gasteiger partial charge in [-0.1, -0.05) is 0 Å². The summed E-state index contributed by atoms with van der Waals surface area (Å²) in [5.41, 5.74) is 0.423. The minimum atomic E-state index is -0.248. The Kier molecular flexibility index (Phi) is 4.15. The molecule has 0 aliphatic carbocycles. The quantitative estimate of drug-likeness (QED) is 0.683. The number of rotatable bonds is 5. The third-order valence-corrected chi connectivity index (χ3v) is 1.80. The van der Waals surface area contributed by atoms with Crippen LogP contribution in [0.5, 0.6) is 0 Å². The summed E-state index contributed by atoms with van der Waals surface area (Å²) in [5, 5.41) is 17.4. The number of nitrogens with zero attached hydrogens (tertiary/aromatic N) is 1. The number of carbonyl (C=O) groups excluding carboxylic acids is 1. The molecule has 5 nitrogen and oxygen atoms in total. The van der Waals surface area contributed by atoms with Gasteiger partial charge in [-0.3, -0.25) is 4.79 Å². The molecular weight excluding hydrogens is 186 g/mol. The Bertz CT molecular complexity index is 264. The van der Waals surface area contributed by atoms with Gasteiger partial charge in [0.05, 0.1) is 25.0 Å². The zero-order valence-corrected chi connectivity index (χ0v) is 7.72. The Morgan fingerprint density at radius 2 is 2.00 bits per heavy atom. The molecule has 1 rings (SSSR count). The van der Waals surface area contributed by atoms with Crippen molar-refractivity contribution in [2.75, 3.05) is 26.3 Å². The van der Waals surface area contributed by atoms with Crippen LogP contribution in [-0.4, -0.2) is 47.3 Å². The maximum Gasteiger partial charge on any atom is 0.257 e. The van der Waals surface area contributed by atoms with Crippen LogP contribution >= 0.6 is 0 Å². The molecule has 1 aromatic heterocycles. The summed E-state index contributed by atoms with van der Waals surface area (Å²) in [5.74, 6) is -0.248. The predicted molar refractivity (Wildman–Crippen MR) is 48.8 cm³/mol. The van der Waals surface area contributed by atoms with Gasteiger partial charge < -0.3 is 19.5 Å². The van der Waals surface area contributed by atoms with E-state index in [1.165, 1.54) is 17.4 Å². The fourth-order valence-corrected chi connectivity index (χ4v) is 1.13. The normalized spacial score (nSPS) is 10.1. The van der Waals surface area contributed by atoms with E-state index in [1.807, 2.05) is 0 Å². The number of aliphatic hydroxyl groups excluding tert-OH is 2. The molecule has 0 fully saturated rings. The van der Waals surface area contributed by atoms with Crippen LogP contribution in [0.3, 0.4) is 0 Å². The number of hydrogen-bond donors (Lipinski definition) is 2. The topological polar surface area (TPSA) is 73.9 Å². The first kappa shape index (κ1) is 10.7. The lowest BCUT2D eigenvalue weighted by molar-refractivity contribution is 0.0684. The van der Waals surface area contributed by atoms with Gasteiger partial charge in [-0.05, 0) is 6.07 Å². The maximum absolute atomic E-state index is 11.6. The van der Waals surface area contributed by atoms with E-state index in [0.717, 1.165) is 0 Å². The van der Waals surface area contributed by atoms with Crippen molar-refractivity contribution in [2.45, 2.75) is 0 Å². The average molecular weight is 199 g/mol. The van der Waals surface area contributed by atoms with E-state index in [9.17, 15) is 4.79 Å². The van der Waals surface area contributed by atoms with Gasteiger partial charge in [0.2, 0.25) is 0 Å². The Labute approximate surface area is 81.6 Å². The summed E-state index contributed by atoms with van der Waals surface area (Å²) in [4.78, 5) is 13.0. The van der Waals surface area contributed by atoms with Crippen LogP contribution in [0.25, 0.3) is 0 Å². The van der Waals surface area contributed by atoms with Gasteiger partial charge in [0.25, 0.3) is 5.91 Å². The van der Waals surface area contributed by atoms with Gasteiger partial charge in [-0.2, -0.15) is 0 Å². The van der Waals surface area contributed by atoms with Crippen LogP contribution < -0.4 is 0 Å². The van der Waals surface area contributed by atoms with Crippen LogP contribution in [0.1, 0.15) is 10.4 Å². The van der Waals surface area contributed by atoms with E-state index in [4.69, 9.17) is 14.6 Å². The van der Waals surface area contributed by atoms with Crippen LogP contribution in [0, 0.1) is 0 Å². The molecule has 14 heavy (non-hydrogen) atoms. The van der Waals surface area contributed by atoms with Crippen molar-refractivity contribution in [2.24, 2.45) is 0 Å². The molecule has 0 aliphatic rings. The first-order valence-electron chi connectivity index (χ1n) is 4.32. The van der Waals surface area contributed by atoms with Crippen LogP contribution in [0.15, 0.2) is 23.0 Å². The molecular formula is C9H13NO4. The maximum atomic E-state index is 11.6. The minimum Gasteiger partial charge on any atom is -0.472 e. The zero-order chi connectivity index (χ0) is 10.4. The lowest BCUT2D eigenvalue weighted by atomic mass is 10.3. The predicted octanol–water partition coefficient (Wildman–Crippen LogP) is -0.294. The molecule has 2 N–H and O–H groups in total. The highest BCUT2D eigenvalue weighted by Crippen LogP contribution is 2.04. The molecule has 0 saturated carbocycles. The number of hydrogen-bond acceptors (Lipinski definition) is 4. The van der Waals surface area contributed by atoms with E-state index < -0.39 is 0 Å². The molecule has 0 saturated heterocycles. The molecule has 5 heteroatoms. The summed E-state index contributed by atoms with van der Waals surface area (Å²) in [6, 6.07) is 1.55. The minimum absolute atomic E-state index is 0.121. The number of aliphatic hydroxyl groups is 2. The Hall–Kier alpha value is -1.33. The SMILES string of the molecule is O=C(c1ccoc1)N(CCO)CCO. The van der Waals surface area contributed by atoms with E-state index in [-0.39, 0.29) is 32.2 Å². The lowest BCUT2D eigenvalue weighted by Crippen LogP contribution is -2.35. The fourth-order valence-electron chi connectivity index (χ4n) is 1.13. The molecule has 0 bridgehead atoms. The van der Waals surface area contributed by atoms with Crippen molar-refractivity contribution < 1.29 is 19.4 Å². The highest BCUT2D eigenvalue weighted by molar-refractivity contribution is 5.93. The Morgan fingerprint density at radius 1 is 1.36 bits per heavy atom. The first-order valence-corrected chi connectivity index (χ1v) is 4.32. The smallest absolute Gasteiger partial charge is 0.257 e. The number of carbonyl (C=O) groups is 1. The zero-order valence-electron chi connectivity index (χ0n) is 7.72. The van der Waals surface area contributed by atoms with Crippen LogP contribution in [0.2, 0.25) is 0 Å². The molecule has 0 radical (unpaired) electrons. The lowest BCUT2D eigenvalue weighted by Gasteiger charge is -2.19. The second kappa shape index (κ2) is 5.41. The third kappa shape index (κ3) is 2.58. The summed E-state index contributed by atoms with van der Waals surface area (Å²) in [7, 11) is 0.